The molecule has 0 aliphatic rings. The van der Waals surface area contributed by atoms with Crippen molar-refractivity contribution in [2.24, 2.45) is 0 Å². The molecule has 0 bridgehead atoms. The topological polar surface area (TPSA) is 92.9 Å². The Bertz CT molecular complexity index is 568. The minimum atomic E-state index is -0.303. The maximum Gasteiger partial charge on any atom is 0.240 e. The van der Waals surface area contributed by atoms with Gasteiger partial charge in [-0.05, 0) is 13.8 Å². The summed E-state index contributed by atoms with van der Waals surface area (Å²) in [6.07, 6.45) is 0. The van der Waals surface area contributed by atoms with Crippen LogP contribution < -0.4 is 10.6 Å². The van der Waals surface area contributed by atoms with Crippen LogP contribution in [-0.2, 0) is 4.79 Å². The number of rotatable bonds is 5. The monoisotopic (exact) mass is 299 g/mol. The van der Waals surface area contributed by atoms with Gasteiger partial charge in [0, 0.05) is 13.1 Å². The summed E-state index contributed by atoms with van der Waals surface area (Å²) in [7, 11) is 1.78. The summed E-state index contributed by atoms with van der Waals surface area (Å²) in [5, 5.41) is 17.6. The van der Waals surface area contributed by atoms with Crippen LogP contribution in [0.15, 0.2) is 14.9 Å². The molecule has 0 saturated heterocycles. The smallest absolute Gasteiger partial charge is 0.240 e. The first kappa shape index (κ1) is 13.8. The molecule has 1 atom stereocenters. The van der Waals surface area contributed by atoms with Gasteiger partial charge in [0.05, 0.1) is 10.9 Å². The van der Waals surface area contributed by atoms with Crippen molar-refractivity contribution >= 4 is 40.0 Å². The van der Waals surface area contributed by atoms with Gasteiger partial charge in [0.25, 0.3) is 0 Å². The van der Waals surface area contributed by atoms with Gasteiger partial charge in [-0.1, -0.05) is 28.3 Å². The van der Waals surface area contributed by atoms with Gasteiger partial charge in [0.2, 0.25) is 16.9 Å². The predicted molar refractivity (Wildman–Crippen MR) is 74.6 cm³/mol. The first-order valence-corrected chi connectivity index (χ1v) is 7.20. The number of aryl methyl sites for hydroxylation is 1. The zero-order chi connectivity index (χ0) is 13.8. The molecule has 2 rings (SSSR count). The normalized spacial score (nSPS) is 12.2. The molecule has 0 radical (unpaired) electrons. The molecular weight excluding hydrogens is 286 g/mol. The summed E-state index contributed by atoms with van der Waals surface area (Å²) >= 11 is 2.75. The summed E-state index contributed by atoms with van der Waals surface area (Å²) in [5.41, 5.74) is 0.721. The second kappa shape index (κ2) is 6.02. The highest BCUT2D eigenvalue weighted by atomic mass is 32.2. The van der Waals surface area contributed by atoms with Crippen molar-refractivity contribution in [3.8, 4) is 0 Å². The van der Waals surface area contributed by atoms with Crippen LogP contribution in [0.3, 0.4) is 0 Å². The lowest BCUT2D eigenvalue weighted by molar-refractivity contribution is -0.115. The van der Waals surface area contributed by atoms with Crippen LogP contribution in [0, 0.1) is 6.92 Å². The highest BCUT2D eigenvalue weighted by Gasteiger charge is 2.18. The second-order valence-corrected chi connectivity index (χ2v) is 6.27. The van der Waals surface area contributed by atoms with Crippen molar-refractivity contribution in [3.63, 3.8) is 0 Å². The lowest BCUT2D eigenvalue weighted by Crippen LogP contribution is -2.22. The molecule has 2 aromatic heterocycles. The SMILES string of the molecule is CNc1nnc(S[C@H](C)C(=O)Nc2cc(C)no2)s1. The van der Waals surface area contributed by atoms with Crippen LogP contribution in [0.2, 0.25) is 0 Å². The fourth-order valence-electron chi connectivity index (χ4n) is 1.21. The van der Waals surface area contributed by atoms with Crippen LogP contribution >= 0.6 is 23.1 Å². The molecule has 0 unspecified atom stereocenters. The molecule has 0 spiro atoms. The average molecular weight is 299 g/mol. The minimum absolute atomic E-state index is 0.164. The molecule has 9 heteroatoms. The molecular formula is C10H13N5O2S2. The van der Waals surface area contributed by atoms with Crippen molar-refractivity contribution in [1.29, 1.82) is 0 Å². The minimum Gasteiger partial charge on any atom is -0.363 e. The molecule has 2 aromatic rings. The van der Waals surface area contributed by atoms with Gasteiger partial charge < -0.3 is 9.84 Å². The number of aromatic nitrogens is 3. The van der Waals surface area contributed by atoms with Crippen molar-refractivity contribution in [1.82, 2.24) is 15.4 Å². The molecule has 7 nitrogen and oxygen atoms in total. The highest BCUT2D eigenvalue weighted by Crippen LogP contribution is 2.29. The van der Waals surface area contributed by atoms with E-state index in [2.05, 4.69) is 26.0 Å². The maximum atomic E-state index is 11.9. The summed E-state index contributed by atoms with van der Waals surface area (Å²) in [4.78, 5) is 11.9. The van der Waals surface area contributed by atoms with E-state index in [0.29, 0.717) is 5.88 Å². The van der Waals surface area contributed by atoms with Crippen molar-refractivity contribution in [2.45, 2.75) is 23.4 Å². The van der Waals surface area contributed by atoms with E-state index in [9.17, 15) is 4.79 Å². The largest absolute Gasteiger partial charge is 0.363 e. The predicted octanol–water partition coefficient (Wildman–Crippen LogP) is 2.00. The van der Waals surface area contributed by atoms with E-state index in [1.807, 2.05) is 0 Å². The van der Waals surface area contributed by atoms with Gasteiger partial charge in [-0.3, -0.25) is 10.1 Å². The molecule has 102 valence electrons. The summed E-state index contributed by atoms with van der Waals surface area (Å²) in [5.74, 6) is 0.186. The van der Waals surface area contributed by atoms with Crippen LogP contribution in [0.25, 0.3) is 0 Å². The number of nitrogens with one attached hydrogen (secondary N) is 2. The van der Waals surface area contributed by atoms with Gasteiger partial charge in [-0.2, -0.15) is 0 Å². The molecule has 0 aliphatic heterocycles. The molecule has 0 aromatic carbocycles. The number of hydrogen-bond donors (Lipinski definition) is 2. The lowest BCUT2D eigenvalue weighted by Gasteiger charge is -2.07. The number of anilines is 2. The van der Waals surface area contributed by atoms with Crippen LogP contribution in [0.4, 0.5) is 11.0 Å². The van der Waals surface area contributed by atoms with Crippen LogP contribution in [0.5, 0.6) is 0 Å². The number of nitrogens with zero attached hydrogens (tertiary/aromatic N) is 3. The van der Waals surface area contributed by atoms with Gasteiger partial charge in [0.15, 0.2) is 4.34 Å². The van der Waals surface area contributed by atoms with E-state index in [-0.39, 0.29) is 11.2 Å². The van der Waals surface area contributed by atoms with E-state index in [4.69, 9.17) is 4.52 Å². The van der Waals surface area contributed by atoms with Crippen molar-refractivity contribution in [3.05, 3.63) is 11.8 Å². The van der Waals surface area contributed by atoms with Gasteiger partial charge in [-0.25, -0.2) is 0 Å². The third kappa shape index (κ3) is 3.67. The first-order chi connectivity index (χ1) is 9.08. The Morgan fingerprint density at radius 2 is 2.32 bits per heavy atom. The highest BCUT2D eigenvalue weighted by molar-refractivity contribution is 8.02. The van der Waals surface area contributed by atoms with E-state index < -0.39 is 0 Å². The second-order valence-electron chi connectivity index (χ2n) is 3.70. The Labute approximate surface area is 118 Å². The lowest BCUT2D eigenvalue weighted by atomic mass is 10.4. The van der Waals surface area contributed by atoms with Crippen LogP contribution in [-0.4, -0.2) is 33.6 Å². The number of hydrogen-bond acceptors (Lipinski definition) is 8. The molecule has 0 saturated carbocycles. The third-order valence-corrected chi connectivity index (χ3v) is 4.27. The van der Waals surface area contributed by atoms with E-state index >= 15 is 0 Å². The molecule has 0 fully saturated rings. The van der Waals surface area contributed by atoms with Crippen molar-refractivity contribution in [2.75, 3.05) is 17.7 Å². The fourth-order valence-corrected chi connectivity index (χ4v) is 3.06. The van der Waals surface area contributed by atoms with Gasteiger partial charge in [0.1, 0.15) is 0 Å². The Balaban J connectivity index is 1.91. The third-order valence-electron chi connectivity index (χ3n) is 2.14. The van der Waals surface area contributed by atoms with Gasteiger partial charge >= 0.3 is 0 Å². The van der Waals surface area contributed by atoms with E-state index in [1.54, 1.807) is 27.0 Å². The average Bonchev–Trinajstić information content (AvgIpc) is 2.98. The molecule has 0 aliphatic carbocycles. The Hall–Kier alpha value is -1.61. The molecule has 2 heterocycles. The molecule has 1 amide bonds. The Morgan fingerprint density at radius 3 is 2.89 bits per heavy atom. The Kier molecular flexibility index (Phi) is 4.38. The first-order valence-electron chi connectivity index (χ1n) is 5.50. The fraction of sp³-hybridized carbons (Fsp3) is 0.400. The summed E-state index contributed by atoms with van der Waals surface area (Å²) < 4.78 is 5.67. The van der Waals surface area contributed by atoms with Crippen LogP contribution in [0.1, 0.15) is 12.6 Å². The summed E-state index contributed by atoms with van der Waals surface area (Å²) in [6, 6.07) is 1.67. The number of carbonyl (C=O) groups excluding carboxylic acids is 1. The van der Waals surface area contributed by atoms with Crippen molar-refractivity contribution < 1.29 is 9.32 Å². The van der Waals surface area contributed by atoms with E-state index in [0.717, 1.165) is 15.2 Å². The standard InChI is InChI=1S/C10H13N5O2S2/c1-5-4-7(17-15-5)12-8(16)6(2)18-10-14-13-9(11-3)19-10/h4,6H,1-3H3,(H,11,13)(H,12,16)/t6-/m1/s1. The van der Waals surface area contributed by atoms with E-state index in [1.165, 1.54) is 23.1 Å². The number of thioether (sulfide) groups is 1. The summed E-state index contributed by atoms with van der Waals surface area (Å²) in [6.45, 7) is 3.58. The quantitative estimate of drug-likeness (QED) is 0.815. The zero-order valence-corrected chi connectivity index (χ0v) is 12.3. The molecule has 2 N–H and O–H groups in total. The van der Waals surface area contributed by atoms with Gasteiger partial charge in [-0.15, -0.1) is 10.2 Å². The number of amides is 1. The Morgan fingerprint density at radius 1 is 1.53 bits per heavy atom. The zero-order valence-electron chi connectivity index (χ0n) is 10.6. The number of carbonyl (C=O) groups is 1. The maximum absolute atomic E-state index is 11.9. The molecule has 19 heavy (non-hydrogen) atoms.